The number of aromatic nitrogens is 1. The van der Waals surface area contributed by atoms with Crippen LogP contribution in [0.3, 0.4) is 0 Å². The minimum absolute atomic E-state index is 0.0458. The maximum Gasteiger partial charge on any atom is 0.297 e. The van der Waals surface area contributed by atoms with Crippen LogP contribution >= 0.6 is 0 Å². The highest BCUT2D eigenvalue weighted by atomic mass is 16.4. The van der Waals surface area contributed by atoms with Crippen LogP contribution in [0.2, 0.25) is 0 Å². The molecule has 1 unspecified atom stereocenters. The van der Waals surface area contributed by atoms with Crippen molar-refractivity contribution < 1.29 is 9.52 Å². The van der Waals surface area contributed by atoms with E-state index in [9.17, 15) is 0 Å². The van der Waals surface area contributed by atoms with Crippen LogP contribution in [0.1, 0.15) is 44.7 Å². The number of hydrogen-bond donors (Lipinski definition) is 1. The van der Waals surface area contributed by atoms with Crippen molar-refractivity contribution in [1.82, 2.24) is 4.98 Å². The fourth-order valence-electron chi connectivity index (χ4n) is 2.57. The summed E-state index contributed by atoms with van der Waals surface area (Å²) in [6, 6.07) is 0.672. The SMILES string of the molecule is CCCC1CCCN(c2nc(CO)co2)CC1. The highest BCUT2D eigenvalue weighted by Gasteiger charge is 2.19. The highest BCUT2D eigenvalue weighted by Crippen LogP contribution is 2.25. The minimum Gasteiger partial charge on any atom is -0.432 e. The van der Waals surface area contributed by atoms with Crippen molar-refractivity contribution in [1.29, 1.82) is 0 Å². The van der Waals surface area contributed by atoms with Crippen LogP contribution in [0.15, 0.2) is 10.7 Å². The molecular weight excluding hydrogens is 216 g/mol. The quantitative estimate of drug-likeness (QED) is 0.876. The van der Waals surface area contributed by atoms with Gasteiger partial charge >= 0.3 is 0 Å². The van der Waals surface area contributed by atoms with Gasteiger partial charge in [-0.2, -0.15) is 4.98 Å². The van der Waals surface area contributed by atoms with E-state index in [1.54, 1.807) is 6.26 Å². The molecule has 4 heteroatoms. The fourth-order valence-corrected chi connectivity index (χ4v) is 2.57. The Hall–Kier alpha value is -1.03. The van der Waals surface area contributed by atoms with Crippen molar-refractivity contribution in [3.8, 4) is 0 Å². The van der Waals surface area contributed by atoms with E-state index in [0.29, 0.717) is 11.7 Å². The molecule has 1 aromatic heterocycles. The number of nitrogens with zero attached hydrogens (tertiary/aromatic N) is 2. The van der Waals surface area contributed by atoms with E-state index < -0.39 is 0 Å². The van der Waals surface area contributed by atoms with E-state index in [0.717, 1.165) is 19.0 Å². The van der Waals surface area contributed by atoms with Gasteiger partial charge in [0.1, 0.15) is 12.0 Å². The molecule has 2 heterocycles. The van der Waals surface area contributed by atoms with Gasteiger partial charge in [0.05, 0.1) is 6.61 Å². The summed E-state index contributed by atoms with van der Waals surface area (Å²) >= 11 is 0. The molecule has 1 fully saturated rings. The predicted octanol–water partition coefficient (Wildman–Crippen LogP) is 2.57. The van der Waals surface area contributed by atoms with E-state index in [2.05, 4.69) is 16.8 Å². The van der Waals surface area contributed by atoms with Crippen LogP contribution in [0.25, 0.3) is 0 Å². The van der Waals surface area contributed by atoms with Gasteiger partial charge in [0, 0.05) is 13.1 Å². The maximum atomic E-state index is 8.98. The molecule has 2 rings (SSSR count). The van der Waals surface area contributed by atoms with Gasteiger partial charge in [-0.25, -0.2) is 0 Å². The van der Waals surface area contributed by atoms with Gasteiger partial charge in [-0.3, -0.25) is 0 Å². The fraction of sp³-hybridized carbons (Fsp3) is 0.769. The molecule has 1 aliphatic rings. The Morgan fingerprint density at radius 1 is 1.47 bits per heavy atom. The van der Waals surface area contributed by atoms with E-state index in [4.69, 9.17) is 9.52 Å². The van der Waals surface area contributed by atoms with E-state index >= 15 is 0 Å². The molecule has 0 bridgehead atoms. The Morgan fingerprint density at radius 3 is 3.06 bits per heavy atom. The van der Waals surface area contributed by atoms with Crippen molar-refractivity contribution in [3.63, 3.8) is 0 Å². The van der Waals surface area contributed by atoms with Gasteiger partial charge in [-0.15, -0.1) is 0 Å². The first kappa shape index (κ1) is 12.4. The van der Waals surface area contributed by atoms with Crippen LogP contribution in [-0.2, 0) is 6.61 Å². The van der Waals surface area contributed by atoms with Gasteiger partial charge in [0.25, 0.3) is 6.01 Å². The molecule has 96 valence electrons. The van der Waals surface area contributed by atoms with Gasteiger partial charge in [0.15, 0.2) is 0 Å². The summed E-state index contributed by atoms with van der Waals surface area (Å²) in [5, 5.41) is 8.98. The van der Waals surface area contributed by atoms with Crippen molar-refractivity contribution in [3.05, 3.63) is 12.0 Å². The zero-order chi connectivity index (χ0) is 12.1. The van der Waals surface area contributed by atoms with Crippen LogP contribution in [0.5, 0.6) is 0 Å². The molecule has 1 aliphatic heterocycles. The third kappa shape index (κ3) is 3.22. The van der Waals surface area contributed by atoms with Crippen LogP contribution in [0.4, 0.5) is 6.01 Å². The summed E-state index contributed by atoms with van der Waals surface area (Å²) in [5.41, 5.74) is 0.620. The standard InChI is InChI=1S/C13H22N2O2/c1-2-4-11-5-3-7-15(8-6-11)13-14-12(9-16)10-17-13/h10-11,16H,2-9H2,1H3. The third-order valence-corrected chi connectivity index (χ3v) is 3.52. The lowest BCUT2D eigenvalue weighted by Gasteiger charge is -2.17. The molecule has 0 aromatic carbocycles. The Balaban J connectivity index is 1.93. The molecule has 1 saturated heterocycles. The predicted molar refractivity (Wildman–Crippen MR) is 66.9 cm³/mol. The molecule has 0 aliphatic carbocycles. The topological polar surface area (TPSA) is 49.5 Å². The Kier molecular flexibility index (Phi) is 4.42. The summed E-state index contributed by atoms with van der Waals surface area (Å²) in [4.78, 5) is 6.48. The van der Waals surface area contributed by atoms with E-state index in [1.165, 1.54) is 32.1 Å². The number of hydrogen-bond acceptors (Lipinski definition) is 4. The molecular formula is C13H22N2O2. The van der Waals surface area contributed by atoms with Crippen molar-refractivity contribution >= 4 is 6.01 Å². The number of rotatable bonds is 4. The number of aliphatic hydroxyl groups excluding tert-OH is 1. The van der Waals surface area contributed by atoms with E-state index in [1.807, 2.05) is 0 Å². The normalized spacial score (nSPS) is 21.5. The zero-order valence-corrected chi connectivity index (χ0v) is 10.6. The summed E-state index contributed by atoms with van der Waals surface area (Å²) in [6.07, 6.45) is 7.91. The van der Waals surface area contributed by atoms with Gasteiger partial charge in [-0.05, 0) is 25.2 Å². The molecule has 0 radical (unpaired) electrons. The number of aliphatic hydroxyl groups is 1. The first-order valence-electron chi connectivity index (χ1n) is 6.63. The lowest BCUT2D eigenvalue weighted by molar-refractivity contribution is 0.276. The second-order valence-electron chi connectivity index (χ2n) is 4.85. The van der Waals surface area contributed by atoms with Gasteiger partial charge < -0.3 is 14.4 Å². The first-order valence-corrected chi connectivity index (χ1v) is 6.63. The molecule has 0 saturated carbocycles. The highest BCUT2D eigenvalue weighted by molar-refractivity contribution is 5.26. The Bertz CT molecular complexity index is 338. The lowest BCUT2D eigenvalue weighted by atomic mass is 9.96. The van der Waals surface area contributed by atoms with Crippen LogP contribution in [-0.4, -0.2) is 23.2 Å². The smallest absolute Gasteiger partial charge is 0.297 e. The molecule has 4 nitrogen and oxygen atoms in total. The summed E-state index contributed by atoms with van der Waals surface area (Å²) in [6.45, 7) is 4.25. The Labute approximate surface area is 103 Å². The summed E-state index contributed by atoms with van der Waals surface area (Å²) < 4.78 is 5.40. The van der Waals surface area contributed by atoms with Gasteiger partial charge in [0.2, 0.25) is 0 Å². The molecule has 0 spiro atoms. The monoisotopic (exact) mass is 238 g/mol. The van der Waals surface area contributed by atoms with Gasteiger partial charge in [-0.1, -0.05) is 19.8 Å². The summed E-state index contributed by atoms with van der Waals surface area (Å²) in [5.74, 6) is 0.859. The number of oxazole rings is 1. The largest absolute Gasteiger partial charge is 0.432 e. The average molecular weight is 238 g/mol. The van der Waals surface area contributed by atoms with Crippen molar-refractivity contribution in [2.75, 3.05) is 18.0 Å². The molecule has 0 amide bonds. The maximum absolute atomic E-state index is 8.98. The van der Waals surface area contributed by atoms with Crippen molar-refractivity contribution in [2.45, 2.75) is 45.6 Å². The minimum atomic E-state index is -0.0458. The molecule has 1 N–H and O–H groups in total. The van der Waals surface area contributed by atoms with Crippen molar-refractivity contribution in [2.24, 2.45) is 5.92 Å². The first-order chi connectivity index (χ1) is 8.33. The Morgan fingerprint density at radius 2 is 2.35 bits per heavy atom. The molecule has 1 atom stereocenters. The average Bonchev–Trinajstić information content (AvgIpc) is 2.70. The molecule has 17 heavy (non-hydrogen) atoms. The third-order valence-electron chi connectivity index (χ3n) is 3.52. The van der Waals surface area contributed by atoms with E-state index in [-0.39, 0.29) is 6.61 Å². The summed E-state index contributed by atoms with van der Waals surface area (Å²) in [7, 11) is 0. The number of anilines is 1. The lowest BCUT2D eigenvalue weighted by Crippen LogP contribution is -2.24. The second kappa shape index (κ2) is 6.05. The second-order valence-corrected chi connectivity index (χ2v) is 4.85. The van der Waals surface area contributed by atoms with Crippen LogP contribution in [0, 0.1) is 5.92 Å². The zero-order valence-electron chi connectivity index (χ0n) is 10.6. The van der Waals surface area contributed by atoms with Crippen LogP contribution < -0.4 is 4.90 Å². The molecule has 1 aromatic rings.